The van der Waals surface area contributed by atoms with Crippen LogP contribution in [0.5, 0.6) is 0 Å². The van der Waals surface area contributed by atoms with E-state index in [1.54, 1.807) is 6.92 Å². The summed E-state index contributed by atoms with van der Waals surface area (Å²) < 4.78 is 5.51. The van der Waals surface area contributed by atoms with Crippen molar-refractivity contribution in [1.82, 2.24) is 0 Å². The van der Waals surface area contributed by atoms with Crippen LogP contribution in [0.15, 0.2) is 12.2 Å². The van der Waals surface area contributed by atoms with Crippen LogP contribution in [0.2, 0.25) is 0 Å². The molecule has 0 aliphatic rings. The summed E-state index contributed by atoms with van der Waals surface area (Å²) in [5, 5.41) is 0. The standard InChI is InChI=1S/C32H62O2/c1-6-7-8-9-10-11-12-13-14-15-16-17-18-19-20-21-22-23-24-25-26-27-28-29-32(4,5)34-31(33)30(2)3/h2,6-29H2,1,3-5H3. The number of unbranched alkanes of at least 4 members (excludes halogenated alkanes) is 22. The minimum absolute atomic E-state index is 0.265. The van der Waals surface area contributed by atoms with E-state index in [2.05, 4.69) is 13.5 Å². The van der Waals surface area contributed by atoms with Crippen molar-refractivity contribution in [2.45, 2.75) is 187 Å². The molecule has 0 aromatic rings. The molecule has 0 aromatic carbocycles. The zero-order valence-corrected chi connectivity index (χ0v) is 24.0. The van der Waals surface area contributed by atoms with E-state index in [0.29, 0.717) is 5.57 Å². The van der Waals surface area contributed by atoms with Crippen LogP contribution in [0.4, 0.5) is 0 Å². The molecule has 2 nitrogen and oxygen atoms in total. The summed E-state index contributed by atoms with van der Waals surface area (Å²) in [4.78, 5) is 11.7. The monoisotopic (exact) mass is 478 g/mol. The smallest absolute Gasteiger partial charge is 0.333 e. The van der Waals surface area contributed by atoms with Crippen LogP contribution in [0.25, 0.3) is 0 Å². The number of esters is 1. The Morgan fingerprint density at radius 2 is 0.824 bits per heavy atom. The first-order valence-corrected chi connectivity index (χ1v) is 15.3. The molecule has 202 valence electrons. The van der Waals surface area contributed by atoms with E-state index in [1.165, 1.54) is 141 Å². The average Bonchev–Trinajstić information content (AvgIpc) is 2.79. The Kier molecular flexibility index (Phi) is 23.4. The van der Waals surface area contributed by atoms with Crippen molar-refractivity contribution in [2.75, 3.05) is 0 Å². The quantitative estimate of drug-likeness (QED) is 0.0701. The molecule has 0 saturated carbocycles. The third-order valence-corrected chi connectivity index (χ3v) is 7.10. The summed E-state index contributed by atoms with van der Waals surface area (Å²) in [6.07, 6.45) is 33.4. The molecule has 0 heterocycles. The van der Waals surface area contributed by atoms with E-state index in [-0.39, 0.29) is 11.6 Å². The Hall–Kier alpha value is -0.790. The van der Waals surface area contributed by atoms with Crippen LogP contribution >= 0.6 is 0 Å². The first-order valence-electron chi connectivity index (χ1n) is 15.3. The van der Waals surface area contributed by atoms with Gasteiger partial charge < -0.3 is 4.74 Å². The van der Waals surface area contributed by atoms with E-state index in [9.17, 15) is 4.79 Å². The van der Waals surface area contributed by atoms with Crippen LogP contribution in [-0.4, -0.2) is 11.6 Å². The highest BCUT2D eigenvalue weighted by Gasteiger charge is 2.22. The molecule has 0 bridgehead atoms. The summed E-state index contributed by atoms with van der Waals surface area (Å²) in [5.74, 6) is -0.265. The minimum atomic E-state index is -0.372. The third kappa shape index (κ3) is 24.3. The second-order valence-electron chi connectivity index (χ2n) is 11.5. The Morgan fingerprint density at radius 3 is 1.09 bits per heavy atom. The van der Waals surface area contributed by atoms with Crippen molar-refractivity contribution in [3.05, 3.63) is 12.2 Å². The molecule has 0 unspecified atom stereocenters. The Morgan fingerprint density at radius 1 is 0.559 bits per heavy atom. The Bertz CT molecular complexity index is 466. The van der Waals surface area contributed by atoms with Gasteiger partial charge in [-0.05, 0) is 33.6 Å². The summed E-state index contributed by atoms with van der Waals surface area (Å²) in [6, 6.07) is 0. The fraction of sp³-hybridized carbons (Fsp3) is 0.906. The molecule has 0 fully saturated rings. The van der Waals surface area contributed by atoms with Crippen molar-refractivity contribution in [2.24, 2.45) is 0 Å². The highest BCUT2D eigenvalue weighted by molar-refractivity contribution is 5.87. The summed E-state index contributed by atoms with van der Waals surface area (Å²) in [5.41, 5.74) is 0.112. The SMILES string of the molecule is C=C(C)C(=O)OC(C)(C)CCCCCCCCCCCCCCCCCCCCCCCCC. The van der Waals surface area contributed by atoms with Crippen LogP contribution < -0.4 is 0 Å². The minimum Gasteiger partial charge on any atom is -0.456 e. The molecule has 34 heavy (non-hydrogen) atoms. The van der Waals surface area contributed by atoms with Crippen molar-refractivity contribution < 1.29 is 9.53 Å². The number of ether oxygens (including phenoxy) is 1. The predicted octanol–water partition coefficient (Wildman–Crippen LogP) is 11.3. The molecule has 0 atom stereocenters. The average molecular weight is 479 g/mol. The van der Waals surface area contributed by atoms with Crippen LogP contribution in [-0.2, 0) is 9.53 Å². The maximum Gasteiger partial charge on any atom is 0.333 e. The molecule has 0 N–H and O–H groups in total. The van der Waals surface area contributed by atoms with E-state index in [0.717, 1.165) is 12.8 Å². The Balaban J connectivity index is 3.22. The summed E-state index contributed by atoms with van der Waals surface area (Å²) in [7, 11) is 0. The van der Waals surface area contributed by atoms with Crippen LogP contribution in [0.1, 0.15) is 182 Å². The summed E-state index contributed by atoms with van der Waals surface area (Å²) >= 11 is 0. The molecular formula is C32H62O2. The lowest BCUT2D eigenvalue weighted by atomic mass is 9.98. The number of carbonyl (C=O) groups excluding carboxylic acids is 1. The fourth-order valence-electron chi connectivity index (χ4n) is 4.73. The van der Waals surface area contributed by atoms with Gasteiger partial charge in [-0.25, -0.2) is 4.79 Å². The van der Waals surface area contributed by atoms with Gasteiger partial charge in [0.05, 0.1) is 0 Å². The van der Waals surface area contributed by atoms with Crippen molar-refractivity contribution in [1.29, 1.82) is 0 Å². The number of hydrogen-bond acceptors (Lipinski definition) is 2. The van der Waals surface area contributed by atoms with Gasteiger partial charge in [-0.1, -0.05) is 155 Å². The first-order chi connectivity index (χ1) is 16.4. The lowest BCUT2D eigenvalue weighted by Crippen LogP contribution is -2.28. The zero-order chi connectivity index (χ0) is 25.3. The molecule has 0 amide bonds. The molecule has 0 aliphatic carbocycles. The molecule has 0 radical (unpaired) electrons. The highest BCUT2D eigenvalue weighted by atomic mass is 16.6. The number of hydrogen-bond donors (Lipinski definition) is 0. The lowest BCUT2D eigenvalue weighted by Gasteiger charge is -2.25. The van der Waals surface area contributed by atoms with E-state index in [1.807, 2.05) is 13.8 Å². The van der Waals surface area contributed by atoms with Crippen molar-refractivity contribution >= 4 is 5.97 Å². The second-order valence-corrected chi connectivity index (χ2v) is 11.5. The largest absolute Gasteiger partial charge is 0.456 e. The maximum atomic E-state index is 11.7. The molecule has 0 rings (SSSR count). The Labute approximate surface area is 215 Å². The second kappa shape index (κ2) is 23.9. The molecule has 2 heteroatoms. The van der Waals surface area contributed by atoms with Crippen LogP contribution in [0, 0.1) is 0 Å². The van der Waals surface area contributed by atoms with Gasteiger partial charge >= 0.3 is 5.97 Å². The number of rotatable bonds is 26. The van der Waals surface area contributed by atoms with E-state index < -0.39 is 0 Å². The molecule has 0 aromatic heterocycles. The van der Waals surface area contributed by atoms with Crippen molar-refractivity contribution in [3.8, 4) is 0 Å². The van der Waals surface area contributed by atoms with Gasteiger partial charge in [0.15, 0.2) is 0 Å². The molecular weight excluding hydrogens is 416 g/mol. The maximum absolute atomic E-state index is 11.7. The van der Waals surface area contributed by atoms with Gasteiger partial charge in [-0.3, -0.25) is 0 Å². The first kappa shape index (κ1) is 33.2. The van der Waals surface area contributed by atoms with Crippen molar-refractivity contribution in [3.63, 3.8) is 0 Å². The van der Waals surface area contributed by atoms with Gasteiger partial charge in [0.1, 0.15) is 5.60 Å². The number of carbonyl (C=O) groups is 1. The topological polar surface area (TPSA) is 26.3 Å². The fourth-order valence-corrected chi connectivity index (χ4v) is 4.73. The highest BCUT2D eigenvalue weighted by Crippen LogP contribution is 2.21. The lowest BCUT2D eigenvalue weighted by molar-refractivity contribution is -0.152. The summed E-state index contributed by atoms with van der Waals surface area (Å²) in [6.45, 7) is 11.7. The van der Waals surface area contributed by atoms with Gasteiger partial charge in [0, 0.05) is 5.57 Å². The van der Waals surface area contributed by atoms with Crippen LogP contribution in [0.3, 0.4) is 0 Å². The third-order valence-electron chi connectivity index (χ3n) is 7.10. The molecule has 0 spiro atoms. The molecule has 0 saturated heterocycles. The molecule has 0 aliphatic heterocycles. The zero-order valence-electron chi connectivity index (χ0n) is 24.0. The van der Waals surface area contributed by atoms with E-state index in [4.69, 9.17) is 4.74 Å². The van der Waals surface area contributed by atoms with Gasteiger partial charge in [-0.15, -0.1) is 0 Å². The predicted molar refractivity (Wildman–Crippen MR) is 151 cm³/mol. The van der Waals surface area contributed by atoms with Gasteiger partial charge in [-0.2, -0.15) is 0 Å². The van der Waals surface area contributed by atoms with Gasteiger partial charge in [0.2, 0.25) is 0 Å². The van der Waals surface area contributed by atoms with E-state index >= 15 is 0 Å². The normalized spacial score (nSPS) is 11.6. The van der Waals surface area contributed by atoms with Gasteiger partial charge in [0.25, 0.3) is 0 Å².